The molecule has 2 rings (SSSR count). The first kappa shape index (κ1) is 12.0. The molecule has 3 heteroatoms. The Kier molecular flexibility index (Phi) is 3.67. The molecule has 1 saturated carbocycles. The number of benzene rings is 1. The Morgan fingerprint density at radius 3 is 2.88 bits per heavy atom. The van der Waals surface area contributed by atoms with Crippen molar-refractivity contribution < 1.29 is 4.79 Å². The largest absolute Gasteiger partial charge is 0.399 e. The summed E-state index contributed by atoms with van der Waals surface area (Å²) in [4.78, 5) is 11.8. The fourth-order valence-electron chi connectivity index (χ4n) is 2.10. The number of hydrogen-bond acceptors (Lipinski definition) is 2. The minimum absolute atomic E-state index is 0.102. The molecule has 0 atom stereocenters. The summed E-state index contributed by atoms with van der Waals surface area (Å²) in [5.41, 5.74) is 8.28. The van der Waals surface area contributed by atoms with Gasteiger partial charge in [0, 0.05) is 17.8 Å². The van der Waals surface area contributed by atoms with E-state index in [1.54, 1.807) is 0 Å². The van der Waals surface area contributed by atoms with Crippen LogP contribution in [0.15, 0.2) is 18.2 Å². The molecule has 1 aromatic rings. The molecule has 0 aliphatic heterocycles. The van der Waals surface area contributed by atoms with Gasteiger partial charge in [0.2, 0.25) is 5.91 Å². The van der Waals surface area contributed by atoms with E-state index < -0.39 is 0 Å². The molecule has 1 fully saturated rings. The Morgan fingerprint density at radius 2 is 2.24 bits per heavy atom. The zero-order chi connectivity index (χ0) is 12.3. The van der Waals surface area contributed by atoms with Gasteiger partial charge in [0.1, 0.15) is 0 Å². The molecular formula is C14H20N2O. The summed E-state index contributed by atoms with van der Waals surface area (Å²) in [6.45, 7) is 1.97. The number of aryl methyl sites for hydroxylation is 1. The van der Waals surface area contributed by atoms with Crippen LogP contribution in [0.4, 0.5) is 11.4 Å². The van der Waals surface area contributed by atoms with Gasteiger partial charge in [-0.05, 0) is 37.0 Å². The van der Waals surface area contributed by atoms with E-state index in [0.717, 1.165) is 23.6 Å². The second kappa shape index (κ2) is 5.21. The second-order valence-electron chi connectivity index (χ2n) is 4.96. The lowest BCUT2D eigenvalue weighted by Crippen LogP contribution is -2.17. The SMILES string of the molecule is Cc1ccc(N)cc1NC(=O)CCC1CCC1. The molecule has 0 radical (unpaired) electrons. The number of nitrogen functional groups attached to an aromatic ring is 1. The van der Waals surface area contributed by atoms with Crippen molar-refractivity contribution in [2.45, 2.75) is 39.0 Å². The Hall–Kier alpha value is -1.51. The van der Waals surface area contributed by atoms with Crippen molar-refractivity contribution in [1.29, 1.82) is 0 Å². The first-order valence-corrected chi connectivity index (χ1v) is 6.31. The van der Waals surface area contributed by atoms with Gasteiger partial charge in [0.25, 0.3) is 0 Å². The van der Waals surface area contributed by atoms with E-state index >= 15 is 0 Å². The van der Waals surface area contributed by atoms with E-state index in [1.165, 1.54) is 19.3 Å². The van der Waals surface area contributed by atoms with Crippen LogP contribution in [0.5, 0.6) is 0 Å². The predicted molar refractivity (Wildman–Crippen MR) is 70.8 cm³/mol. The van der Waals surface area contributed by atoms with Crippen LogP contribution < -0.4 is 11.1 Å². The smallest absolute Gasteiger partial charge is 0.224 e. The molecule has 1 aromatic carbocycles. The summed E-state index contributed by atoms with van der Waals surface area (Å²) in [5, 5.41) is 2.94. The molecule has 17 heavy (non-hydrogen) atoms. The molecule has 0 heterocycles. The van der Waals surface area contributed by atoms with Crippen LogP contribution in [0.1, 0.15) is 37.7 Å². The Balaban J connectivity index is 1.86. The number of nitrogens with one attached hydrogen (secondary N) is 1. The van der Waals surface area contributed by atoms with Crippen LogP contribution in [-0.4, -0.2) is 5.91 Å². The van der Waals surface area contributed by atoms with Gasteiger partial charge in [-0.1, -0.05) is 25.3 Å². The van der Waals surface area contributed by atoms with Gasteiger partial charge in [-0.25, -0.2) is 0 Å². The third kappa shape index (κ3) is 3.22. The first-order valence-electron chi connectivity index (χ1n) is 6.31. The normalized spacial score (nSPS) is 15.4. The maximum Gasteiger partial charge on any atom is 0.224 e. The highest BCUT2D eigenvalue weighted by atomic mass is 16.1. The van der Waals surface area contributed by atoms with Crippen LogP contribution >= 0.6 is 0 Å². The summed E-state index contributed by atoms with van der Waals surface area (Å²) >= 11 is 0. The van der Waals surface area contributed by atoms with Gasteiger partial charge < -0.3 is 11.1 Å². The quantitative estimate of drug-likeness (QED) is 0.784. The van der Waals surface area contributed by atoms with Crippen molar-refractivity contribution in [2.75, 3.05) is 11.1 Å². The molecule has 1 aliphatic carbocycles. The molecular weight excluding hydrogens is 212 g/mol. The molecule has 92 valence electrons. The predicted octanol–water partition coefficient (Wildman–Crippen LogP) is 3.10. The Labute approximate surface area is 102 Å². The monoisotopic (exact) mass is 232 g/mol. The first-order chi connectivity index (χ1) is 8.15. The van der Waals surface area contributed by atoms with Crippen LogP contribution in [0.25, 0.3) is 0 Å². The molecule has 1 aliphatic rings. The van der Waals surface area contributed by atoms with E-state index in [9.17, 15) is 4.79 Å². The lowest BCUT2D eigenvalue weighted by molar-refractivity contribution is -0.116. The third-order valence-electron chi connectivity index (χ3n) is 3.54. The van der Waals surface area contributed by atoms with Gasteiger partial charge in [-0.2, -0.15) is 0 Å². The lowest BCUT2D eigenvalue weighted by Gasteiger charge is -2.24. The summed E-state index contributed by atoms with van der Waals surface area (Å²) in [6.07, 6.45) is 5.57. The van der Waals surface area contributed by atoms with Crippen LogP contribution in [-0.2, 0) is 4.79 Å². The summed E-state index contributed by atoms with van der Waals surface area (Å²) in [7, 11) is 0. The molecule has 0 saturated heterocycles. The van der Waals surface area contributed by atoms with E-state index in [0.29, 0.717) is 12.1 Å². The molecule has 0 unspecified atom stereocenters. The number of rotatable bonds is 4. The molecule has 0 aromatic heterocycles. The lowest BCUT2D eigenvalue weighted by atomic mass is 9.82. The van der Waals surface area contributed by atoms with Crippen molar-refractivity contribution in [2.24, 2.45) is 5.92 Å². The molecule has 0 bridgehead atoms. The van der Waals surface area contributed by atoms with Crippen molar-refractivity contribution in [3.05, 3.63) is 23.8 Å². The average molecular weight is 232 g/mol. The highest BCUT2D eigenvalue weighted by Crippen LogP contribution is 2.30. The van der Waals surface area contributed by atoms with E-state index in [-0.39, 0.29) is 5.91 Å². The minimum atomic E-state index is 0.102. The number of hydrogen-bond donors (Lipinski definition) is 2. The van der Waals surface area contributed by atoms with Crippen molar-refractivity contribution in [1.82, 2.24) is 0 Å². The van der Waals surface area contributed by atoms with Gasteiger partial charge in [-0.15, -0.1) is 0 Å². The summed E-state index contributed by atoms with van der Waals surface area (Å²) in [5.74, 6) is 0.883. The number of anilines is 2. The maximum atomic E-state index is 11.8. The number of carbonyl (C=O) groups excluding carboxylic acids is 1. The molecule has 1 amide bonds. The highest BCUT2D eigenvalue weighted by molar-refractivity contribution is 5.92. The Bertz CT molecular complexity index is 411. The van der Waals surface area contributed by atoms with Gasteiger partial charge in [-0.3, -0.25) is 4.79 Å². The zero-order valence-corrected chi connectivity index (χ0v) is 10.3. The average Bonchev–Trinajstić information content (AvgIpc) is 2.21. The van der Waals surface area contributed by atoms with E-state index in [4.69, 9.17) is 5.73 Å². The van der Waals surface area contributed by atoms with Crippen LogP contribution in [0.3, 0.4) is 0 Å². The third-order valence-corrected chi connectivity index (χ3v) is 3.54. The number of carbonyl (C=O) groups is 1. The zero-order valence-electron chi connectivity index (χ0n) is 10.3. The van der Waals surface area contributed by atoms with Gasteiger partial charge in [0.05, 0.1) is 0 Å². The molecule has 0 spiro atoms. The van der Waals surface area contributed by atoms with Crippen molar-refractivity contribution >= 4 is 17.3 Å². The van der Waals surface area contributed by atoms with Crippen LogP contribution in [0, 0.1) is 12.8 Å². The summed E-state index contributed by atoms with van der Waals surface area (Å²) in [6, 6.07) is 5.59. The molecule has 3 N–H and O–H groups in total. The second-order valence-corrected chi connectivity index (χ2v) is 4.96. The fraction of sp³-hybridized carbons (Fsp3) is 0.500. The number of amides is 1. The minimum Gasteiger partial charge on any atom is -0.399 e. The van der Waals surface area contributed by atoms with Crippen LogP contribution in [0.2, 0.25) is 0 Å². The highest BCUT2D eigenvalue weighted by Gasteiger charge is 2.18. The van der Waals surface area contributed by atoms with E-state index in [1.807, 2.05) is 25.1 Å². The fourth-order valence-corrected chi connectivity index (χ4v) is 2.10. The Morgan fingerprint density at radius 1 is 1.47 bits per heavy atom. The standard InChI is InChI=1S/C14H20N2O/c1-10-5-7-12(15)9-13(10)16-14(17)8-6-11-3-2-4-11/h5,7,9,11H,2-4,6,8,15H2,1H3,(H,16,17). The summed E-state index contributed by atoms with van der Waals surface area (Å²) < 4.78 is 0. The maximum absolute atomic E-state index is 11.8. The topological polar surface area (TPSA) is 55.1 Å². The van der Waals surface area contributed by atoms with Crippen molar-refractivity contribution in [3.63, 3.8) is 0 Å². The molecule has 3 nitrogen and oxygen atoms in total. The van der Waals surface area contributed by atoms with Gasteiger partial charge in [0.15, 0.2) is 0 Å². The van der Waals surface area contributed by atoms with Crippen molar-refractivity contribution in [3.8, 4) is 0 Å². The van der Waals surface area contributed by atoms with Gasteiger partial charge >= 0.3 is 0 Å². The number of nitrogens with two attached hydrogens (primary N) is 1. The van der Waals surface area contributed by atoms with E-state index in [2.05, 4.69) is 5.32 Å².